The quantitative estimate of drug-likeness (QED) is 0.276. The molecule has 0 spiro atoms. The summed E-state index contributed by atoms with van der Waals surface area (Å²) in [5, 5.41) is 25.7. The number of β-amino-alcohol motifs (C(OH)–C–C–N with tert-alkyl or cyclic N) is 1. The monoisotopic (exact) mass is 478 g/mol. The third kappa shape index (κ3) is 6.59. The molecule has 0 heterocycles. The molecule has 4 aromatic rings. The zero-order valence-electron chi connectivity index (χ0n) is 21.2. The van der Waals surface area contributed by atoms with Crippen molar-refractivity contribution < 1.29 is 9.84 Å². The molecule has 4 nitrogen and oxygen atoms in total. The van der Waals surface area contributed by atoms with Crippen molar-refractivity contribution in [1.29, 1.82) is 5.26 Å². The fraction of sp³-hybridized carbons (Fsp3) is 0.281. The molecule has 2 atom stereocenters. The maximum absolute atomic E-state index is 10.6. The first-order valence-electron chi connectivity index (χ1n) is 12.5. The molecule has 0 bridgehead atoms. The molecular weight excluding hydrogens is 444 g/mol. The molecule has 4 rings (SSSR count). The molecule has 0 aliphatic rings. The summed E-state index contributed by atoms with van der Waals surface area (Å²) in [7, 11) is 0. The number of benzene rings is 4. The number of hydrogen-bond acceptors (Lipinski definition) is 4. The molecule has 0 amide bonds. The molecule has 0 saturated heterocycles. The Balaban J connectivity index is 1.31. The number of hydrogen-bond donors (Lipinski definition) is 2. The van der Waals surface area contributed by atoms with Gasteiger partial charge in [0, 0.05) is 12.1 Å². The third-order valence-electron chi connectivity index (χ3n) is 6.54. The van der Waals surface area contributed by atoms with Crippen LogP contribution < -0.4 is 5.32 Å². The summed E-state index contributed by atoms with van der Waals surface area (Å²) in [4.78, 5) is 0. The summed E-state index contributed by atoms with van der Waals surface area (Å²) in [6.45, 7) is 7.01. The lowest BCUT2D eigenvalue weighted by Gasteiger charge is -2.28. The van der Waals surface area contributed by atoms with Crippen molar-refractivity contribution in [2.75, 3.05) is 13.2 Å². The maximum atomic E-state index is 10.6. The normalized spacial score (nSPS) is 13.3. The van der Waals surface area contributed by atoms with Crippen LogP contribution >= 0.6 is 0 Å². The Morgan fingerprint density at radius 1 is 0.917 bits per heavy atom. The van der Waals surface area contributed by atoms with E-state index in [1.165, 1.54) is 16.3 Å². The number of nitriles is 1. The van der Waals surface area contributed by atoms with Gasteiger partial charge in [0.25, 0.3) is 0 Å². The molecule has 0 fully saturated rings. The van der Waals surface area contributed by atoms with Gasteiger partial charge in [-0.1, -0.05) is 78.9 Å². The SMILES string of the molecule is CC(OCC(O)CNC(C)(C)Cc1ccc2ccccc2c1)c1ccccc1-c1ccc(C#N)cc1. The predicted molar refractivity (Wildman–Crippen MR) is 147 cm³/mol. The first kappa shape index (κ1) is 25.6. The highest BCUT2D eigenvalue weighted by atomic mass is 16.5. The van der Waals surface area contributed by atoms with Gasteiger partial charge >= 0.3 is 0 Å². The van der Waals surface area contributed by atoms with Crippen LogP contribution in [0.25, 0.3) is 21.9 Å². The van der Waals surface area contributed by atoms with Crippen LogP contribution in [0.15, 0.2) is 91.0 Å². The van der Waals surface area contributed by atoms with Gasteiger partial charge in [-0.15, -0.1) is 0 Å². The van der Waals surface area contributed by atoms with Crippen LogP contribution in [-0.4, -0.2) is 29.9 Å². The molecule has 0 aliphatic heterocycles. The molecule has 0 saturated carbocycles. The van der Waals surface area contributed by atoms with Crippen LogP contribution in [0.1, 0.15) is 43.6 Å². The van der Waals surface area contributed by atoms with Gasteiger partial charge in [0.15, 0.2) is 0 Å². The number of nitrogens with zero attached hydrogens (tertiary/aromatic N) is 1. The lowest BCUT2D eigenvalue weighted by molar-refractivity contribution is -0.00397. The average Bonchev–Trinajstić information content (AvgIpc) is 2.90. The third-order valence-corrected chi connectivity index (χ3v) is 6.54. The van der Waals surface area contributed by atoms with E-state index in [1.54, 1.807) is 0 Å². The molecule has 4 heteroatoms. The van der Waals surface area contributed by atoms with Crippen LogP contribution in [0.4, 0.5) is 0 Å². The summed E-state index contributed by atoms with van der Waals surface area (Å²) in [6.07, 6.45) is 0.0577. The Kier molecular flexibility index (Phi) is 8.18. The molecule has 0 radical (unpaired) electrons. The van der Waals surface area contributed by atoms with E-state index in [-0.39, 0.29) is 18.2 Å². The zero-order chi connectivity index (χ0) is 25.5. The molecule has 36 heavy (non-hydrogen) atoms. The van der Waals surface area contributed by atoms with Crippen LogP contribution in [0.2, 0.25) is 0 Å². The van der Waals surface area contributed by atoms with E-state index in [9.17, 15) is 5.11 Å². The highest BCUT2D eigenvalue weighted by Crippen LogP contribution is 2.30. The van der Waals surface area contributed by atoms with Crippen molar-refractivity contribution in [1.82, 2.24) is 5.32 Å². The Labute approximate surface area is 214 Å². The van der Waals surface area contributed by atoms with Gasteiger partial charge < -0.3 is 15.2 Å². The molecule has 184 valence electrons. The van der Waals surface area contributed by atoms with Crippen molar-refractivity contribution in [3.63, 3.8) is 0 Å². The average molecular weight is 479 g/mol. The van der Waals surface area contributed by atoms with Crippen molar-refractivity contribution in [2.24, 2.45) is 0 Å². The van der Waals surface area contributed by atoms with Gasteiger partial charge in [0.2, 0.25) is 0 Å². The fourth-order valence-corrected chi connectivity index (χ4v) is 4.56. The van der Waals surface area contributed by atoms with Crippen LogP contribution in [0, 0.1) is 11.3 Å². The van der Waals surface area contributed by atoms with Crippen LogP contribution in [0.3, 0.4) is 0 Å². The molecule has 0 aliphatic carbocycles. The van der Waals surface area contributed by atoms with E-state index in [0.29, 0.717) is 12.1 Å². The Hall–Kier alpha value is -3.49. The van der Waals surface area contributed by atoms with E-state index in [4.69, 9.17) is 10.00 Å². The molecule has 0 aromatic heterocycles. The highest BCUT2D eigenvalue weighted by molar-refractivity contribution is 5.83. The predicted octanol–water partition coefficient (Wildman–Crippen LogP) is 6.43. The first-order valence-corrected chi connectivity index (χ1v) is 12.5. The topological polar surface area (TPSA) is 65.3 Å². The van der Waals surface area contributed by atoms with Crippen molar-refractivity contribution in [2.45, 2.75) is 44.9 Å². The van der Waals surface area contributed by atoms with Crippen molar-refractivity contribution in [3.8, 4) is 17.2 Å². The largest absolute Gasteiger partial charge is 0.389 e. The minimum atomic E-state index is -0.620. The Morgan fingerprint density at radius 2 is 1.61 bits per heavy atom. The lowest BCUT2D eigenvalue weighted by atomic mass is 9.93. The summed E-state index contributed by atoms with van der Waals surface area (Å²) in [6, 6.07) is 32.8. The fourth-order valence-electron chi connectivity index (χ4n) is 4.56. The number of ether oxygens (including phenoxy) is 1. The van der Waals surface area contributed by atoms with E-state index in [0.717, 1.165) is 23.1 Å². The minimum absolute atomic E-state index is 0.169. The number of aliphatic hydroxyl groups is 1. The van der Waals surface area contributed by atoms with Gasteiger partial charge in [-0.3, -0.25) is 0 Å². The van der Waals surface area contributed by atoms with E-state index in [2.05, 4.69) is 79.8 Å². The Morgan fingerprint density at radius 3 is 2.36 bits per heavy atom. The zero-order valence-corrected chi connectivity index (χ0v) is 21.2. The van der Waals surface area contributed by atoms with Gasteiger partial charge in [-0.25, -0.2) is 0 Å². The summed E-state index contributed by atoms with van der Waals surface area (Å²) < 4.78 is 6.09. The lowest BCUT2D eigenvalue weighted by Crippen LogP contribution is -2.46. The smallest absolute Gasteiger partial charge is 0.0991 e. The van der Waals surface area contributed by atoms with Gasteiger partial charge in [0.1, 0.15) is 0 Å². The van der Waals surface area contributed by atoms with E-state index >= 15 is 0 Å². The first-order chi connectivity index (χ1) is 17.3. The van der Waals surface area contributed by atoms with Gasteiger partial charge in [0.05, 0.1) is 30.4 Å². The maximum Gasteiger partial charge on any atom is 0.0991 e. The summed E-state index contributed by atoms with van der Waals surface area (Å²) >= 11 is 0. The number of rotatable bonds is 10. The van der Waals surface area contributed by atoms with Gasteiger partial charge in [-0.2, -0.15) is 5.26 Å². The van der Waals surface area contributed by atoms with Gasteiger partial charge in [-0.05, 0) is 72.4 Å². The molecular formula is C32H34N2O2. The number of nitrogens with one attached hydrogen (secondary N) is 1. The Bertz CT molecular complexity index is 1340. The second-order valence-corrected chi connectivity index (χ2v) is 10.0. The summed E-state index contributed by atoms with van der Waals surface area (Å²) in [5.74, 6) is 0. The molecule has 2 N–H and O–H groups in total. The van der Waals surface area contributed by atoms with Crippen molar-refractivity contribution >= 4 is 10.8 Å². The highest BCUT2D eigenvalue weighted by Gasteiger charge is 2.20. The van der Waals surface area contributed by atoms with Crippen LogP contribution in [0.5, 0.6) is 0 Å². The van der Waals surface area contributed by atoms with E-state index < -0.39 is 6.10 Å². The molecule has 4 aromatic carbocycles. The summed E-state index contributed by atoms with van der Waals surface area (Å²) in [5.41, 5.74) is 4.90. The van der Waals surface area contributed by atoms with E-state index in [1.807, 2.05) is 43.3 Å². The van der Waals surface area contributed by atoms with Crippen LogP contribution in [-0.2, 0) is 11.2 Å². The second kappa shape index (κ2) is 11.5. The number of fused-ring (bicyclic) bond motifs is 1. The standard InChI is InChI=1S/C32H34N2O2/c1-23(30-10-6-7-11-31(30)27-16-12-24(20-33)13-17-27)36-22-29(35)21-34-32(2,3)19-25-14-15-26-8-4-5-9-28(26)18-25/h4-18,23,29,34-35H,19,21-22H2,1-3H3. The second-order valence-electron chi connectivity index (χ2n) is 10.0. The molecule has 2 unspecified atom stereocenters. The minimum Gasteiger partial charge on any atom is -0.389 e. The number of aliphatic hydroxyl groups excluding tert-OH is 1. The van der Waals surface area contributed by atoms with Crippen molar-refractivity contribution in [3.05, 3.63) is 108 Å².